The molecule has 1 aromatic heterocycles. The summed E-state index contributed by atoms with van der Waals surface area (Å²) >= 11 is 1.58. The lowest BCUT2D eigenvalue weighted by Crippen LogP contribution is -2.15. The zero-order valence-corrected chi connectivity index (χ0v) is 19.9. The molecule has 6 heteroatoms. The summed E-state index contributed by atoms with van der Waals surface area (Å²) in [7, 11) is 1.66. The maximum absolute atomic E-state index is 12.6. The first kappa shape index (κ1) is 22.7. The molecule has 0 saturated heterocycles. The molecule has 0 spiro atoms. The number of hydrogen-bond donors (Lipinski definition) is 1. The van der Waals surface area contributed by atoms with Crippen LogP contribution in [0.25, 0.3) is 16.9 Å². The Kier molecular flexibility index (Phi) is 7.15. The van der Waals surface area contributed by atoms with E-state index < -0.39 is 0 Å². The fraction of sp³-hybridized carbons (Fsp3) is 0.185. The summed E-state index contributed by atoms with van der Waals surface area (Å²) in [5, 5.41) is 7.92. The number of ether oxygens (including phenoxy) is 1. The van der Waals surface area contributed by atoms with E-state index in [2.05, 4.69) is 5.32 Å². The van der Waals surface area contributed by atoms with E-state index in [-0.39, 0.29) is 5.91 Å². The first-order valence-corrected chi connectivity index (χ1v) is 11.9. The number of anilines is 1. The van der Waals surface area contributed by atoms with Gasteiger partial charge in [0.15, 0.2) is 0 Å². The normalized spacial score (nSPS) is 10.8. The van der Waals surface area contributed by atoms with E-state index in [0.29, 0.717) is 11.5 Å². The van der Waals surface area contributed by atoms with Crippen molar-refractivity contribution in [1.29, 1.82) is 0 Å². The number of thioether (sulfide) groups is 1. The maximum Gasteiger partial charge on any atom is 0.234 e. The molecule has 0 aliphatic carbocycles. The van der Waals surface area contributed by atoms with Crippen LogP contribution in [-0.2, 0) is 10.5 Å². The molecular formula is C27H27N3O2S. The quantitative estimate of drug-likeness (QED) is 0.351. The third-order valence-corrected chi connectivity index (χ3v) is 6.39. The molecular weight excluding hydrogens is 430 g/mol. The van der Waals surface area contributed by atoms with Crippen molar-refractivity contribution in [3.05, 3.63) is 95.7 Å². The summed E-state index contributed by atoms with van der Waals surface area (Å²) < 4.78 is 7.19. The van der Waals surface area contributed by atoms with E-state index in [0.717, 1.165) is 45.1 Å². The van der Waals surface area contributed by atoms with Gasteiger partial charge in [-0.3, -0.25) is 4.79 Å². The van der Waals surface area contributed by atoms with E-state index >= 15 is 0 Å². The Morgan fingerprint density at radius 1 is 0.970 bits per heavy atom. The molecule has 0 atom stereocenters. The Labute approximate surface area is 198 Å². The molecule has 0 saturated carbocycles. The van der Waals surface area contributed by atoms with Crippen molar-refractivity contribution in [2.45, 2.75) is 19.6 Å². The minimum absolute atomic E-state index is 0.00107. The van der Waals surface area contributed by atoms with E-state index in [1.54, 1.807) is 18.9 Å². The first-order valence-electron chi connectivity index (χ1n) is 10.8. The lowest BCUT2D eigenvalue weighted by molar-refractivity contribution is -0.113. The van der Waals surface area contributed by atoms with Gasteiger partial charge in [-0.05, 0) is 61.4 Å². The van der Waals surface area contributed by atoms with Crippen molar-refractivity contribution in [3.8, 4) is 22.7 Å². The molecule has 4 aromatic rings. The molecule has 1 heterocycles. The molecule has 3 aromatic carbocycles. The van der Waals surface area contributed by atoms with Gasteiger partial charge in [0.05, 0.1) is 24.2 Å². The number of rotatable bonds is 8. The predicted octanol–water partition coefficient (Wildman–Crippen LogP) is 6.04. The second kappa shape index (κ2) is 10.4. The number of aryl methyl sites for hydroxylation is 2. The standard InChI is InChI=1S/C27H27N3O2S/c1-19-8-7-9-20(2)26(19)28-25(31)18-33-17-22-16-30(23-10-5-4-6-11-23)29-27(22)21-12-14-24(32-3)15-13-21/h4-16H,17-18H2,1-3H3,(H,28,31). The van der Waals surface area contributed by atoms with Gasteiger partial charge in [-0.2, -0.15) is 5.10 Å². The lowest BCUT2D eigenvalue weighted by Gasteiger charge is -2.11. The minimum Gasteiger partial charge on any atom is -0.497 e. The first-order chi connectivity index (χ1) is 16.0. The van der Waals surface area contributed by atoms with Gasteiger partial charge in [0.25, 0.3) is 0 Å². The Morgan fingerprint density at radius 3 is 2.33 bits per heavy atom. The molecule has 0 fully saturated rings. The van der Waals surface area contributed by atoms with Gasteiger partial charge in [-0.1, -0.05) is 36.4 Å². The highest BCUT2D eigenvalue weighted by Crippen LogP contribution is 2.29. The van der Waals surface area contributed by atoms with Gasteiger partial charge in [0, 0.05) is 28.8 Å². The van der Waals surface area contributed by atoms with Crippen LogP contribution in [0.15, 0.2) is 79.0 Å². The summed E-state index contributed by atoms with van der Waals surface area (Å²) in [5.41, 5.74) is 7.04. The molecule has 0 unspecified atom stereocenters. The highest BCUT2D eigenvalue weighted by Gasteiger charge is 2.14. The predicted molar refractivity (Wildman–Crippen MR) is 136 cm³/mol. The monoisotopic (exact) mass is 457 g/mol. The summed E-state index contributed by atoms with van der Waals surface area (Å²) in [6.45, 7) is 4.02. The van der Waals surface area contributed by atoms with Crippen molar-refractivity contribution in [2.24, 2.45) is 0 Å². The van der Waals surface area contributed by atoms with Gasteiger partial charge in [-0.25, -0.2) is 4.68 Å². The third kappa shape index (κ3) is 5.46. The van der Waals surface area contributed by atoms with Gasteiger partial charge < -0.3 is 10.1 Å². The maximum atomic E-state index is 12.6. The molecule has 168 valence electrons. The number of aromatic nitrogens is 2. The van der Waals surface area contributed by atoms with E-state index in [1.807, 2.05) is 97.5 Å². The fourth-order valence-corrected chi connectivity index (χ4v) is 4.45. The smallest absolute Gasteiger partial charge is 0.234 e. The second-order valence-corrected chi connectivity index (χ2v) is 8.80. The number of methoxy groups -OCH3 is 1. The van der Waals surface area contributed by atoms with Crippen LogP contribution in [0.1, 0.15) is 16.7 Å². The van der Waals surface area contributed by atoms with Crippen molar-refractivity contribution in [1.82, 2.24) is 9.78 Å². The Hall–Kier alpha value is -3.51. The number of benzene rings is 3. The number of nitrogens with one attached hydrogen (secondary N) is 1. The van der Waals surface area contributed by atoms with Gasteiger partial charge >= 0.3 is 0 Å². The Bertz CT molecular complexity index is 1210. The second-order valence-electron chi connectivity index (χ2n) is 7.82. The summed E-state index contributed by atoms with van der Waals surface area (Å²) in [6.07, 6.45) is 2.05. The average molecular weight is 458 g/mol. The third-order valence-electron chi connectivity index (χ3n) is 5.41. The fourth-order valence-electron chi connectivity index (χ4n) is 3.66. The SMILES string of the molecule is COc1ccc(-c2nn(-c3ccccc3)cc2CSCC(=O)Nc2c(C)cccc2C)cc1. The largest absolute Gasteiger partial charge is 0.497 e. The van der Waals surface area contributed by atoms with Crippen molar-refractivity contribution >= 4 is 23.4 Å². The number of carbonyl (C=O) groups excluding carboxylic acids is 1. The van der Waals surface area contributed by atoms with E-state index in [4.69, 9.17) is 9.84 Å². The van der Waals surface area contributed by atoms with E-state index in [9.17, 15) is 4.79 Å². The molecule has 5 nitrogen and oxygen atoms in total. The van der Waals surface area contributed by atoms with Crippen LogP contribution in [-0.4, -0.2) is 28.6 Å². The van der Waals surface area contributed by atoms with Crippen LogP contribution in [0.3, 0.4) is 0 Å². The van der Waals surface area contributed by atoms with Crippen molar-refractivity contribution in [2.75, 3.05) is 18.2 Å². The van der Waals surface area contributed by atoms with Crippen LogP contribution in [0, 0.1) is 13.8 Å². The van der Waals surface area contributed by atoms with Crippen LogP contribution < -0.4 is 10.1 Å². The molecule has 0 radical (unpaired) electrons. The van der Waals surface area contributed by atoms with Gasteiger partial charge in [-0.15, -0.1) is 11.8 Å². The number of nitrogens with zero attached hydrogens (tertiary/aromatic N) is 2. The van der Waals surface area contributed by atoms with Gasteiger partial charge in [0.1, 0.15) is 5.75 Å². The summed E-state index contributed by atoms with van der Waals surface area (Å²) in [4.78, 5) is 12.6. The average Bonchev–Trinajstić information content (AvgIpc) is 3.26. The molecule has 1 N–H and O–H groups in total. The highest BCUT2D eigenvalue weighted by atomic mass is 32.2. The van der Waals surface area contributed by atoms with Gasteiger partial charge in [0.2, 0.25) is 5.91 Å². The molecule has 33 heavy (non-hydrogen) atoms. The van der Waals surface area contributed by atoms with Crippen LogP contribution >= 0.6 is 11.8 Å². The zero-order chi connectivity index (χ0) is 23.2. The highest BCUT2D eigenvalue weighted by molar-refractivity contribution is 7.99. The Morgan fingerprint density at radius 2 is 1.67 bits per heavy atom. The molecule has 0 aliphatic rings. The number of amides is 1. The topological polar surface area (TPSA) is 56.2 Å². The minimum atomic E-state index is -0.00107. The summed E-state index contributed by atoms with van der Waals surface area (Å²) in [6, 6.07) is 24.0. The zero-order valence-electron chi connectivity index (χ0n) is 19.0. The van der Waals surface area contributed by atoms with Crippen LogP contribution in [0.4, 0.5) is 5.69 Å². The van der Waals surface area contributed by atoms with Crippen molar-refractivity contribution in [3.63, 3.8) is 0 Å². The molecule has 0 bridgehead atoms. The number of para-hydroxylation sites is 2. The Balaban J connectivity index is 1.51. The molecule has 4 rings (SSSR count). The lowest BCUT2D eigenvalue weighted by atomic mass is 10.1. The number of carbonyl (C=O) groups is 1. The van der Waals surface area contributed by atoms with E-state index in [1.165, 1.54) is 0 Å². The number of hydrogen-bond acceptors (Lipinski definition) is 4. The van der Waals surface area contributed by atoms with Crippen LogP contribution in [0.2, 0.25) is 0 Å². The molecule has 0 aliphatic heterocycles. The summed E-state index contributed by atoms with van der Waals surface area (Å²) in [5.74, 6) is 1.85. The van der Waals surface area contributed by atoms with Crippen molar-refractivity contribution < 1.29 is 9.53 Å². The molecule has 1 amide bonds. The van der Waals surface area contributed by atoms with Crippen LogP contribution in [0.5, 0.6) is 5.75 Å².